The van der Waals surface area contributed by atoms with Gasteiger partial charge < -0.3 is 10.5 Å². The smallest absolute Gasteiger partial charge is 0.227 e. The molecule has 14 heavy (non-hydrogen) atoms. The van der Waals surface area contributed by atoms with Crippen LogP contribution in [0.3, 0.4) is 0 Å². The van der Waals surface area contributed by atoms with Crippen molar-refractivity contribution in [1.29, 1.82) is 0 Å². The highest BCUT2D eigenvalue weighted by atomic mass is 79.9. The van der Waals surface area contributed by atoms with Crippen molar-refractivity contribution < 1.29 is 4.74 Å². The van der Waals surface area contributed by atoms with Crippen LogP contribution in [-0.4, -0.2) is 22.1 Å². The van der Waals surface area contributed by atoms with E-state index in [2.05, 4.69) is 30.9 Å². The second-order valence-corrected chi connectivity index (χ2v) is 3.53. The van der Waals surface area contributed by atoms with E-state index in [0.717, 1.165) is 9.86 Å². The summed E-state index contributed by atoms with van der Waals surface area (Å²) in [6.45, 7) is 0. The highest BCUT2D eigenvalue weighted by Crippen LogP contribution is 2.24. The lowest BCUT2D eigenvalue weighted by atomic mass is 10.3. The van der Waals surface area contributed by atoms with E-state index in [-0.39, 0.29) is 5.95 Å². The number of ether oxygens (including phenoxy) is 1. The zero-order chi connectivity index (χ0) is 10.1. The largest absolute Gasteiger partial charge is 0.480 e. The van der Waals surface area contributed by atoms with Gasteiger partial charge in [-0.25, -0.2) is 4.98 Å². The van der Waals surface area contributed by atoms with Gasteiger partial charge in [-0.05, 0) is 22.0 Å². The number of hydrogen-bond donors (Lipinski definition) is 1. The first-order valence-electron chi connectivity index (χ1n) is 3.83. The number of aromatic nitrogens is 3. The Morgan fingerprint density at radius 2 is 2.21 bits per heavy atom. The molecule has 0 bridgehead atoms. The monoisotopic (exact) mass is 254 g/mol. The summed E-state index contributed by atoms with van der Waals surface area (Å²) in [4.78, 5) is 12.0. The lowest BCUT2D eigenvalue weighted by molar-refractivity contribution is 0.403. The third kappa shape index (κ3) is 1.48. The number of methoxy groups -OCH3 is 1. The number of fused-ring (bicyclic) bond motifs is 1. The number of rotatable bonds is 1. The van der Waals surface area contributed by atoms with Crippen LogP contribution in [0, 0.1) is 0 Å². The van der Waals surface area contributed by atoms with E-state index in [1.165, 1.54) is 7.11 Å². The van der Waals surface area contributed by atoms with Gasteiger partial charge in [0.1, 0.15) is 0 Å². The van der Waals surface area contributed by atoms with E-state index in [4.69, 9.17) is 10.5 Å². The van der Waals surface area contributed by atoms with Crippen molar-refractivity contribution in [3.63, 3.8) is 0 Å². The average molecular weight is 255 g/mol. The maximum Gasteiger partial charge on any atom is 0.227 e. The van der Waals surface area contributed by atoms with E-state index in [0.29, 0.717) is 11.5 Å². The maximum absolute atomic E-state index is 5.48. The molecule has 2 N–H and O–H groups in total. The van der Waals surface area contributed by atoms with Crippen molar-refractivity contribution in [3.8, 4) is 5.88 Å². The van der Waals surface area contributed by atoms with Crippen molar-refractivity contribution in [3.05, 3.63) is 16.7 Å². The first-order chi connectivity index (χ1) is 6.70. The number of nitrogens with zero attached hydrogens (tertiary/aromatic N) is 3. The second kappa shape index (κ2) is 3.38. The number of halogens is 1. The van der Waals surface area contributed by atoms with Crippen LogP contribution in [0.25, 0.3) is 11.0 Å². The quantitative estimate of drug-likeness (QED) is 0.833. The summed E-state index contributed by atoms with van der Waals surface area (Å²) in [6.07, 6.45) is 1.65. The first-order valence-corrected chi connectivity index (χ1v) is 4.63. The molecule has 6 heteroatoms. The molecule has 2 aromatic rings. The molecular weight excluding hydrogens is 248 g/mol. The molecule has 2 rings (SSSR count). The molecule has 0 aromatic carbocycles. The lowest BCUT2D eigenvalue weighted by Gasteiger charge is -2.04. The van der Waals surface area contributed by atoms with Crippen LogP contribution >= 0.6 is 15.9 Å². The zero-order valence-corrected chi connectivity index (χ0v) is 8.95. The van der Waals surface area contributed by atoms with Gasteiger partial charge in [-0.3, -0.25) is 0 Å². The third-order valence-corrected chi connectivity index (χ3v) is 2.13. The minimum atomic E-state index is 0.157. The van der Waals surface area contributed by atoms with E-state index >= 15 is 0 Å². The molecule has 5 nitrogen and oxygen atoms in total. The number of anilines is 1. The minimum Gasteiger partial charge on any atom is -0.480 e. The topological polar surface area (TPSA) is 73.9 Å². The van der Waals surface area contributed by atoms with Gasteiger partial charge in [0.15, 0.2) is 5.65 Å². The fourth-order valence-corrected chi connectivity index (χ4v) is 1.46. The van der Waals surface area contributed by atoms with Gasteiger partial charge in [0.05, 0.1) is 12.5 Å². The van der Waals surface area contributed by atoms with Gasteiger partial charge in [0, 0.05) is 10.7 Å². The highest BCUT2D eigenvalue weighted by molar-refractivity contribution is 9.10. The summed E-state index contributed by atoms with van der Waals surface area (Å²) in [6, 6.07) is 1.83. The van der Waals surface area contributed by atoms with Crippen molar-refractivity contribution >= 4 is 32.9 Å². The second-order valence-electron chi connectivity index (χ2n) is 2.62. The molecule has 0 atom stereocenters. The van der Waals surface area contributed by atoms with Crippen molar-refractivity contribution in [1.82, 2.24) is 15.0 Å². The molecule has 0 fully saturated rings. The predicted molar refractivity (Wildman–Crippen MR) is 56.0 cm³/mol. The molecular formula is C8H7BrN4O. The number of nitrogens with two attached hydrogens (primary N) is 1. The molecule has 2 aromatic heterocycles. The summed E-state index contributed by atoms with van der Waals surface area (Å²) < 4.78 is 5.92. The van der Waals surface area contributed by atoms with Gasteiger partial charge in [-0.15, -0.1) is 0 Å². The molecule has 0 radical (unpaired) electrons. The van der Waals surface area contributed by atoms with Crippen LogP contribution < -0.4 is 10.5 Å². The first kappa shape index (κ1) is 9.14. The number of pyridine rings is 1. The molecule has 0 aliphatic rings. The standard InChI is InChI=1S/C8H7BrN4O/c1-14-7-5-2-4(9)3-11-6(5)12-8(10)13-7/h2-3H,1H3,(H2,10,11,12,13). The van der Waals surface area contributed by atoms with Crippen LogP contribution in [-0.2, 0) is 0 Å². The molecule has 0 saturated heterocycles. The Morgan fingerprint density at radius 3 is 2.93 bits per heavy atom. The lowest BCUT2D eigenvalue weighted by Crippen LogP contribution is -1.99. The predicted octanol–water partition coefficient (Wildman–Crippen LogP) is 1.38. The van der Waals surface area contributed by atoms with Crippen LogP contribution in [0.5, 0.6) is 5.88 Å². The Labute approximate surface area is 88.5 Å². The Hall–Kier alpha value is -1.43. The Bertz CT molecular complexity index is 488. The van der Waals surface area contributed by atoms with Crippen LogP contribution in [0.15, 0.2) is 16.7 Å². The van der Waals surface area contributed by atoms with E-state index in [1.807, 2.05) is 6.07 Å². The summed E-state index contributed by atoms with van der Waals surface area (Å²) >= 11 is 3.31. The van der Waals surface area contributed by atoms with E-state index < -0.39 is 0 Å². The highest BCUT2D eigenvalue weighted by Gasteiger charge is 2.07. The Morgan fingerprint density at radius 1 is 1.43 bits per heavy atom. The Kier molecular flexibility index (Phi) is 2.20. The Balaban J connectivity index is 2.81. The average Bonchev–Trinajstić information content (AvgIpc) is 2.17. The number of hydrogen-bond acceptors (Lipinski definition) is 5. The van der Waals surface area contributed by atoms with Crippen molar-refractivity contribution in [2.24, 2.45) is 0 Å². The molecule has 0 amide bonds. The molecule has 0 spiro atoms. The fourth-order valence-electron chi connectivity index (χ4n) is 1.13. The van der Waals surface area contributed by atoms with Gasteiger partial charge in [-0.2, -0.15) is 9.97 Å². The molecule has 0 aliphatic heterocycles. The summed E-state index contributed by atoms with van der Waals surface area (Å²) in [5, 5.41) is 0.732. The molecule has 0 saturated carbocycles. The zero-order valence-electron chi connectivity index (χ0n) is 7.36. The van der Waals surface area contributed by atoms with Crippen molar-refractivity contribution in [2.45, 2.75) is 0 Å². The van der Waals surface area contributed by atoms with Gasteiger partial charge in [0.2, 0.25) is 11.8 Å². The maximum atomic E-state index is 5.48. The van der Waals surface area contributed by atoms with Crippen LogP contribution in [0.4, 0.5) is 5.95 Å². The molecule has 2 heterocycles. The number of nitrogen functional groups attached to an aromatic ring is 1. The van der Waals surface area contributed by atoms with E-state index in [9.17, 15) is 0 Å². The normalized spacial score (nSPS) is 10.4. The van der Waals surface area contributed by atoms with Gasteiger partial charge in [0.25, 0.3) is 0 Å². The fraction of sp³-hybridized carbons (Fsp3) is 0.125. The minimum absolute atomic E-state index is 0.157. The summed E-state index contributed by atoms with van der Waals surface area (Å²) in [5.74, 6) is 0.588. The van der Waals surface area contributed by atoms with E-state index in [1.54, 1.807) is 6.20 Å². The molecule has 0 aliphatic carbocycles. The third-order valence-electron chi connectivity index (χ3n) is 1.69. The molecule has 72 valence electrons. The van der Waals surface area contributed by atoms with Crippen molar-refractivity contribution in [2.75, 3.05) is 12.8 Å². The van der Waals surface area contributed by atoms with Crippen LogP contribution in [0.1, 0.15) is 0 Å². The summed E-state index contributed by atoms with van der Waals surface area (Å²) in [5.41, 5.74) is 6.01. The van der Waals surface area contributed by atoms with Gasteiger partial charge in [-0.1, -0.05) is 0 Å². The molecule has 0 unspecified atom stereocenters. The van der Waals surface area contributed by atoms with Crippen LogP contribution in [0.2, 0.25) is 0 Å². The summed E-state index contributed by atoms with van der Waals surface area (Å²) in [7, 11) is 1.53. The SMILES string of the molecule is COc1nc(N)nc2ncc(Br)cc12. The van der Waals surface area contributed by atoms with Gasteiger partial charge >= 0.3 is 0 Å².